The van der Waals surface area contributed by atoms with E-state index >= 15 is 0 Å². The Balaban J connectivity index is 2.18. The highest BCUT2D eigenvalue weighted by Crippen LogP contribution is 2.28. The molecule has 1 aliphatic heterocycles. The van der Waals surface area contributed by atoms with Crippen LogP contribution in [-0.4, -0.2) is 28.1 Å². The lowest BCUT2D eigenvalue weighted by molar-refractivity contribution is 0.0207. The second-order valence-electron chi connectivity index (χ2n) is 6.07. The predicted molar refractivity (Wildman–Crippen MR) is 73.7 cm³/mol. The maximum atomic E-state index is 12.1. The van der Waals surface area contributed by atoms with Crippen molar-refractivity contribution in [3.63, 3.8) is 0 Å². The molecule has 1 amide bonds. The monoisotopic (exact) mass is 263 g/mol. The topological polar surface area (TPSA) is 68.5 Å². The van der Waals surface area contributed by atoms with Crippen LogP contribution in [0.1, 0.15) is 44.9 Å². The van der Waals surface area contributed by atoms with E-state index < -0.39 is 5.60 Å². The Morgan fingerprint density at radius 3 is 2.84 bits per heavy atom. The molecule has 5 heteroatoms. The number of anilines is 1. The highest BCUT2D eigenvalue weighted by molar-refractivity contribution is 5.69. The molecule has 104 valence electrons. The first-order chi connectivity index (χ1) is 8.76. The van der Waals surface area contributed by atoms with E-state index in [9.17, 15) is 4.79 Å². The quantitative estimate of drug-likeness (QED) is 0.781. The zero-order chi connectivity index (χ0) is 14.2. The Morgan fingerprint density at radius 1 is 1.53 bits per heavy atom. The molecule has 0 unspecified atom stereocenters. The van der Waals surface area contributed by atoms with E-state index in [1.165, 1.54) is 0 Å². The van der Waals surface area contributed by atoms with Crippen molar-refractivity contribution in [3.8, 4) is 0 Å². The minimum atomic E-state index is -0.478. The Bertz CT molecular complexity index is 494. The number of nitrogens with two attached hydrogens (primary N) is 1. The lowest BCUT2D eigenvalue weighted by atomic mass is 9.96. The number of rotatable bonds is 0. The molecule has 2 rings (SSSR count). The van der Waals surface area contributed by atoms with Gasteiger partial charge in [-0.3, -0.25) is 4.98 Å². The van der Waals surface area contributed by atoms with Crippen LogP contribution in [-0.2, 0) is 11.3 Å². The highest BCUT2D eigenvalue weighted by Gasteiger charge is 2.29. The number of hydrogen-bond donors (Lipinski definition) is 1. The molecule has 1 aromatic heterocycles. The molecule has 1 aromatic rings. The maximum absolute atomic E-state index is 12.1. The number of carbonyl (C=O) groups excluding carboxylic acids is 1. The predicted octanol–water partition coefficient (Wildman–Crippen LogP) is 2.52. The van der Waals surface area contributed by atoms with Crippen LogP contribution in [0.15, 0.2) is 12.3 Å². The van der Waals surface area contributed by atoms with Crippen LogP contribution in [0.5, 0.6) is 0 Å². The molecule has 0 fully saturated rings. The molecule has 1 aliphatic rings. The average Bonchev–Trinajstić information content (AvgIpc) is 2.25. The lowest BCUT2D eigenvalue weighted by Gasteiger charge is -2.33. The van der Waals surface area contributed by atoms with Gasteiger partial charge >= 0.3 is 6.09 Å². The fourth-order valence-electron chi connectivity index (χ4n) is 2.26. The van der Waals surface area contributed by atoms with Crippen molar-refractivity contribution in [2.24, 2.45) is 0 Å². The number of aromatic nitrogens is 1. The van der Waals surface area contributed by atoms with Gasteiger partial charge in [0.25, 0.3) is 0 Å². The first kappa shape index (κ1) is 13.6. The molecule has 5 nitrogen and oxygen atoms in total. The summed E-state index contributed by atoms with van der Waals surface area (Å²) in [5.41, 5.74) is 7.92. The number of nitrogens with zero attached hydrogens (tertiary/aromatic N) is 2. The minimum Gasteiger partial charge on any atom is -0.444 e. The van der Waals surface area contributed by atoms with E-state index in [2.05, 4.69) is 11.9 Å². The fraction of sp³-hybridized carbons (Fsp3) is 0.571. The summed E-state index contributed by atoms with van der Waals surface area (Å²) in [7, 11) is 0. The molecule has 0 radical (unpaired) electrons. The fourth-order valence-corrected chi connectivity index (χ4v) is 2.26. The van der Waals surface area contributed by atoms with Crippen molar-refractivity contribution < 1.29 is 9.53 Å². The molecule has 19 heavy (non-hydrogen) atoms. The SMILES string of the molecule is C[C@@H]1CN(C(=O)OC(C)(C)C)Cc2cc(N)cnc21. The average molecular weight is 263 g/mol. The summed E-state index contributed by atoms with van der Waals surface area (Å²) < 4.78 is 5.41. The minimum absolute atomic E-state index is 0.192. The van der Waals surface area contributed by atoms with Crippen molar-refractivity contribution >= 4 is 11.8 Å². The summed E-state index contributed by atoms with van der Waals surface area (Å²) in [4.78, 5) is 18.2. The van der Waals surface area contributed by atoms with Gasteiger partial charge < -0.3 is 15.4 Å². The third-order valence-corrected chi connectivity index (χ3v) is 3.00. The van der Waals surface area contributed by atoms with E-state index in [1.54, 1.807) is 11.1 Å². The molecular formula is C14H21N3O2. The third kappa shape index (κ3) is 3.16. The molecule has 0 saturated heterocycles. The van der Waals surface area contributed by atoms with Crippen molar-refractivity contribution in [1.29, 1.82) is 0 Å². The van der Waals surface area contributed by atoms with Gasteiger partial charge in [-0.15, -0.1) is 0 Å². The maximum Gasteiger partial charge on any atom is 0.410 e. The first-order valence-corrected chi connectivity index (χ1v) is 6.48. The Hall–Kier alpha value is -1.78. The summed E-state index contributed by atoms with van der Waals surface area (Å²) >= 11 is 0. The normalized spacial score (nSPS) is 18.9. The first-order valence-electron chi connectivity index (χ1n) is 6.48. The van der Waals surface area contributed by atoms with E-state index in [0.717, 1.165) is 11.3 Å². The Labute approximate surface area is 113 Å². The molecular weight excluding hydrogens is 242 g/mol. The molecule has 0 saturated carbocycles. The van der Waals surface area contributed by atoms with E-state index in [0.29, 0.717) is 18.8 Å². The zero-order valence-electron chi connectivity index (χ0n) is 11.9. The standard InChI is InChI=1S/C14H21N3O2/c1-9-7-17(13(18)19-14(2,3)4)8-10-5-11(15)6-16-12(9)10/h5-6,9H,7-8,15H2,1-4H3/t9-/m1/s1. The summed E-state index contributed by atoms with van der Waals surface area (Å²) in [6.45, 7) is 8.79. The van der Waals surface area contributed by atoms with Gasteiger partial charge in [0, 0.05) is 12.5 Å². The largest absolute Gasteiger partial charge is 0.444 e. The Morgan fingerprint density at radius 2 is 2.21 bits per heavy atom. The van der Waals surface area contributed by atoms with Gasteiger partial charge in [0.1, 0.15) is 5.60 Å². The van der Waals surface area contributed by atoms with Gasteiger partial charge in [0.2, 0.25) is 0 Å². The summed E-state index contributed by atoms with van der Waals surface area (Å²) in [5, 5.41) is 0. The number of ether oxygens (including phenoxy) is 1. The zero-order valence-corrected chi connectivity index (χ0v) is 11.9. The number of nitrogen functional groups attached to an aromatic ring is 1. The summed E-state index contributed by atoms with van der Waals surface area (Å²) in [6.07, 6.45) is 1.38. The third-order valence-electron chi connectivity index (χ3n) is 3.00. The molecule has 0 spiro atoms. The van der Waals surface area contributed by atoms with Crippen LogP contribution in [0.3, 0.4) is 0 Å². The number of amides is 1. The van der Waals surface area contributed by atoms with E-state index in [-0.39, 0.29) is 12.0 Å². The van der Waals surface area contributed by atoms with Gasteiger partial charge in [0.05, 0.1) is 24.1 Å². The number of pyridine rings is 1. The highest BCUT2D eigenvalue weighted by atomic mass is 16.6. The number of fused-ring (bicyclic) bond motifs is 1. The van der Waals surface area contributed by atoms with Crippen LogP contribution in [0.2, 0.25) is 0 Å². The van der Waals surface area contributed by atoms with Gasteiger partial charge in [-0.05, 0) is 32.4 Å². The van der Waals surface area contributed by atoms with Gasteiger partial charge in [0.15, 0.2) is 0 Å². The van der Waals surface area contributed by atoms with Crippen LogP contribution in [0, 0.1) is 0 Å². The van der Waals surface area contributed by atoms with Crippen molar-refractivity contribution in [3.05, 3.63) is 23.5 Å². The number of carbonyl (C=O) groups is 1. The smallest absolute Gasteiger partial charge is 0.410 e. The van der Waals surface area contributed by atoms with Crippen LogP contribution in [0.25, 0.3) is 0 Å². The molecule has 2 heterocycles. The molecule has 0 aliphatic carbocycles. The lowest BCUT2D eigenvalue weighted by Crippen LogP contribution is -2.41. The second-order valence-corrected chi connectivity index (χ2v) is 6.07. The molecule has 0 aromatic carbocycles. The van der Waals surface area contributed by atoms with Gasteiger partial charge in [-0.2, -0.15) is 0 Å². The van der Waals surface area contributed by atoms with Crippen LogP contribution >= 0.6 is 0 Å². The van der Waals surface area contributed by atoms with Gasteiger partial charge in [-0.1, -0.05) is 6.92 Å². The van der Waals surface area contributed by atoms with Crippen molar-refractivity contribution in [2.75, 3.05) is 12.3 Å². The second kappa shape index (κ2) is 4.72. The van der Waals surface area contributed by atoms with Crippen molar-refractivity contribution in [2.45, 2.75) is 45.8 Å². The van der Waals surface area contributed by atoms with Gasteiger partial charge in [-0.25, -0.2) is 4.79 Å². The van der Waals surface area contributed by atoms with Crippen LogP contribution < -0.4 is 5.73 Å². The number of hydrogen-bond acceptors (Lipinski definition) is 4. The summed E-state index contributed by atoms with van der Waals surface area (Å²) in [5.74, 6) is 0.192. The molecule has 1 atom stereocenters. The van der Waals surface area contributed by atoms with Crippen molar-refractivity contribution in [1.82, 2.24) is 9.88 Å². The Kier molecular flexibility index (Phi) is 3.39. The van der Waals surface area contributed by atoms with Crippen LogP contribution in [0.4, 0.5) is 10.5 Å². The van der Waals surface area contributed by atoms with E-state index in [4.69, 9.17) is 10.5 Å². The van der Waals surface area contributed by atoms with E-state index in [1.807, 2.05) is 26.8 Å². The molecule has 0 bridgehead atoms. The summed E-state index contributed by atoms with van der Waals surface area (Å²) in [6, 6.07) is 1.88. The molecule has 2 N–H and O–H groups in total.